The van der Waals surface area contributed by atoms with E-state index in [0.29, 0.717) is 16.5 Å². The predicted molar refractivity (Wildman–Crippen MR) is 95.6 cm³/mol. The summed E-state index contributed by atoms with van der Waals surface area (Å²) in [5.41, 5.74) is 2.32. The van der Waals surface area contributed by atoms with E-state index < -0.39 is 21.5 Å². The molecule has 1 amide bonds. The molecule has 0 spiro atoms. The number of aromatic nitrogens is 1. The fourth-order valence-corrected chi connectivity index (χ4v) is 3.67. The van der Waals surface area contributed by atoms with Crippen LogP contribution in [0.4, 0.5) is 0 Å². The van der Waals surface area contributed by atoms with Crippen LogP contribution in [0.15, 0.2) is 35.4 Å². The third-order valence-electron chi connectivity index (χ3n) is 3.70. The number of amides is 1. The largest absolute Gasteiger partial charge is 0.496 e. The van der Waals surface area contributed by atoms with Gasteiger partial charge in [-0.25, -0.2) is 8.42 Å². The van der Waals surface area contributed by atoms with Crippen LogP contribution in [-0.2, 0) is 21.2 Å². The maximum atomic E-state index is 12.2. The molecule has 1 aromatic carbocycles. The predicted octanol–water partition coefficient (Wildman–Crippen LogP) is 2.45. The lowest BCUT2D eigenvalue weighted by Crippen LogP contribution is -2.30. The van der Waals surface area contributed by atoms with Crippen LogP contribution >= 0.6 is 11.6 Å². The number of sulfone groups is 1. The first-order valence-electron chi connectivity index (χ1n) is 7.48. The highest BCUT2D eigenvalue weighted by Crippen LogP contribution is 2.23. The summed E-state index contributed by atoms with van der Waals surface area (Å²) in [5.74, 6) is -0.542. The lowest BCUT2D eigenvalue weighted by molar-refractivity contribution is -0.118. The van der Waals surface area contributed by atoms with Crippen LogP contribution in [0.5, 0.6) is 5.75 Å². The molecule has 0 unspecified atom stereocenters. The van der Waals surface area contributed by atoms with Crippen molar-refractivity contribution in [1.82, 2.24) is 10.3 Å². The summed E-state index contributed by atoms with van der Waals surface area (Å²) in [7, 11) is -2.16. The number of aryl methyl sites for hydroxylation is 1. The molecule has 25 heavy (non-hydrogen) atoms. The zero-order valence-electron chi connectivity index (χ0n) is 14.2. The highest BCUT2D eigenvalue weighted by atomic mass is 35.5. The van der Waals surface area contributed by atoms with E-state index >= 15 is 0 Å². The van der Waals surface area contributed by atoms with Gasteiger partial charge in [0, 0.05) is 22.3 Å². The third-order valence-corrected chi connectivity index (χ3v) is 5.58. The molecule has 0 aliphatic carbocycles. The van der Waals surface area contributed by atoms with Gasteiger partial charge in [0.2, 0.25) is 5.91 Å². The molecule has 0 bridgehead atoms. The van der Waals surface area contributed by atoms with E-state index in [0.717, 1.165) is 11.1 Å². The Kier molecular flexibility index (Phi) is 6.02. The molecule has 6 nitrogen and oxygen atoms in total. The molecular formula is C17H19ClN2O4S. The van der Waals surface area contributed by atoms with Crippen LogP contribution in [0.1, 0.15) is 16.8 Å². The number of halogens is 1. The number of carbonyl (C=O) groups excluding carboxylic acids is 1. The van der Waals surface area contributed by atoms with Gasteiger partial charge in [0.15, 0.2) is 9.84 Å². The number of methoxy groups -OCH3 is 1. The second-order valence-electron chi connectivity index (χ2n) is 5.54. The number of pyridine rings is 1. The molecule has 0 aliphatic rings. The van der Waals surface area contributed by atoms with Crippen molar-refractivity contribution in [3.8, 4) is 5.75 Å². The summed E-state index contributed by atoms with van der Waals surface area (Å²) in [6.45, 7) is 3.84. The number of nitrogens with zero attached hydrogens (tertiary/aromatic N) is 1. The average molecular weight is 383 g/mol. The molecule has 134 valence electrons. The van der Waals surface area contributed by atoms with Crippen molar-refractivity contribution >= 4 is 27.3 Å². The monoisotopic (exact) mass is 382 g/mol. The lowest BCUT2D eigenvalue weighted by atomic mass is 10.1. The van der Waals surface area contributed by atoms with E-state index in [-0.39, 0.29) is 11.4 Å². The maximum Gasteiger partial charge on any atom is 0.235 e. The molecule has 0 atom stereocenters. The molecule has 0 radical (unpaired) electrons. The van der Waals surface area contributed by atoms with Crippen LogP contribution in [-0.4, -0.2) is 32.2 Å². The van der Waals surface area contributed by atoms with Crippen LogP contribution in [0.2, 0.25) is 5.02 Å². The molecule has 0 saturated carbocycles. The second kappa shape index (κ2) is 7.84. The third kappa shape index (κ3) is 4.70. The van der Waals surface area contributed by atoms with Crippen molar-refractivity contribution in [2.75, 3.05) is 12.9 Å². The smallest absolute Gasteiger partial charge is 0.235 e. The topological polar surface area (TPSA) is 85.4 Å². The molecule has 1 heterocycles. The number of hydrogen-bond acceptors (Lipinski definition) is 5. The minimum absolute atomic E-state index is 0.0540. The summed E-state index contributed by atoms with van der Waals surface area (Å²) in [5, 5.41) is 3.01. The number of nitrogens with one attached hydrogen (secondary N) is 1. The normalized spacial score (nSPS) is 11.2. The summed E-state index contributed by atoms with van der Waals surface area (Å²) in [4.78, 5) is 16.3. The molecule has 1 aromatic heterocycles. The zero-order chi connectivity index (χ0) is 18.6. The molecule has 2 rings (SSSR count). The molecule has 0 saturated heterocycles. The van der Waals surface area contributed by atoms with Crippen molar-refractivity contribution < 1.29 is 17.9 Å². The lowest BCUT2D eigenvalue weighted by Gasteiger charge is -2.13. The van der Waals surface area contributed by atoms with Crippen LogP contribution in [0.25, 0.3) is 0 Å². The highest BCUT2D eigenvalue weighted by molar-refractivity contribution is 7.92. The van der Waals surface area contributed by atoms with Gasteiger partial charge in [-0.1, -0.05) is 11.6 Å². The summed E-state index contributed by atoms with van der Waals surface area (Å²) >= 11 is 5.74. The first-order chi connectivity index (χ1) is 11.7. The van der Waals surface area contributed by atoms with E-state index in [1.165, 1.54) is 24.3 Å². The first kappa shape index (κ1) is 19.2. The van der Waals surface area contributed by atoms with Crippen molar-refractivity contribution in [3.05, 3.63) is 52.3 Å². The number of ether oxygens (including phenoxy) is 1. The van der Waals surface area contributed by atoms with Crippen molar-refractivity contribution in [1.29, 1.82) is 0 Å². The Morgan fingerprint density at radius 2 is 1.88 bits per heavy atom. The second-order valence-corrected chi connectivity index (χ2v) is 7.96. The van der Waals surface area contributed by atoms with Crippen molar-refractivity contribution in [3.63, 3.8) is 0 Å². The molecule has 2 aromatic rings. The van der Waals surface area contributed by atoms with E-state index in [4.69, 9.17) is 16.3 Å². The number of benzene rings is 1. The standard InChI is InChI=1S/C17H19ClN2O4S/c1-11-8-19-15(12(2)17(11)24-3)9-20-16(21)10-25(22,23)14-6-4-13(18)5-7-14/h4-8H,9-10H2,1-3H3,(H,20,21). The molecule has 1 N–H and O–H groups in total. The maximum absolute atomic E-state index is 12.2. The Labute approximate surface area is 152 Å². The van der Waals surface area contributed by atoms with E-state index in [1.807, 2.05) is 13.8 Å². The average Bonchev–Trinajstić information content (AvgIpc) is 2.54. The highest BCUT2D eigenvalue weighted by Gasteiger charge is 2.19. The van der Waals surface area contributed by atoms with E-state index in [9.17, 15) is 13.2 Å². The molecular weight excluding hydrogens is 364 g/mol. The fourth-order valence-electron chi connectivity index (χ4n) is 2.38. The Morgan fingerprint density at radius 1 is 1.24 bits per heavy atom. The van der Waals surface area contributed by atoms with Gasteiger partial charge >= 0.3 is 0 Å². The van der Waals surface area contributed by atoms with Gasteiger partial charge in [-0.15, -0.1) is 0 Å². The van der Waals surface area contributed by atoms with Crippen LogP contribution in [0.3, 0.4) is 0 Å². The van der Waals surface area contributed by atoms with Crippen LogP contribution in [0, 0.1) is 13.8 Å². The summed E-state index contributed by atoms with van der Waals surface area (Å²) in [6, 6.07) is 5.69. The minimum atomic E-state index is -3.73. The van der Waals surface area contributed by atoms with Gasteiger partial charge in [-0.3, -0.25) is 9.78 Å². The van der Waals surface area contributed by atoms with Crippen molar-refractivity contribution in [2.24, 2.45) is 0 Å². The molecule has 0 aliphatic heterocycles. The van der Waals surface area contributed by atoms with Gasteiger partial charge in [-0.2, -0.15) is 0 Å². The molecule has 8 heteroatoms. The van der Waals surface area contributed by atoms with Gasteiger partial charge < -0.3 is 10.1 Å². The van der Waals surface area contributed by atoms with Gasteiger partial charge in [-0.05, 0) is 38.1 Å². The fraction of sp³-hybridized carbons (Fsp3) is 0.294. The van der Waals surface area contributed by atoms with Gasteiger partial charge in [0.25, 0.3) is 0 Å². The minimum Gasteiger partial charge on any atom is -0.496 e. The van der Waals surface area contributed by atoms with Gasteiger partial charge in [0.05, 0.1) is 24.2 Å². The molecule has 0 fully saturated rings. The number of carbonyl (C=O) groups is 1. The summed E-state index contributed by atoms with van der Waals surface area (Å²) in [6.07, 6.45) is 1.65. The zero-order valence-corrected chi connectivity index (χ0v) is 15.7. The Morgan fingerprint density at radius 3 is 2.48 bits per heavy atom. The number of rotatable bonds is 6. The van der Waals surface area contributed by atoms with Crippen LogP contribution < -0.4 is 10.1 Å². The quantitative estimate of drug-likeness (QED) is 0.829. The van der Waals surface area contributed by atoms with Crippen molar-refractivity contribution in [2.45, 2.75) is 25.3 Å². The Hall–Kier alpha value is -2.12. The van der Waals surface area contributed by atoms with E-state index in [2.05, 4.69) is 10.3 Å². The van der Waals surface area contributed by atoms with Gasteiger partial charge in [0.1, 0.15) is 11.5 Å². The summed E-state index contributed by atoms with van der Waals surface area (Å²) < 4.78 is 29.8. The Balaban J connectivity index is 2.05. The SMILES string of the molecule is COc1c(C)cnc(CNC(=O)CS(=O)(=O)c2ccc(Cl)cc2)c1C. The first-order valence-corrected chi connectivity index (χ1v) is 9.51. The Bertz CT molecular complexity index is 880. The number of hydrogen-bond donors (Lipinski definition) is 1. The van der Waals surface area contributed by atoms with E-state index in [1.54, 1.807) is 13.3 Å².